The fourth-order valence-electron chi connectivity index (χ4n) is 3.01. The molecule has 0 aliphatic carbocycles. The number of furan rings is 1. The SMILES string of the molecule is COc1cccc2c(C)c(C(=O)N3CCC[C@@H]3CO)oc12. The lowest BCUT2D eigenvalue weighted by Crippen LogP contribution is -2.37. The topological polar surface area (TPSA) is 62.9 Å². The zero-order valence-electron chi connectivity index (χ0n) is 12.3. The molecule has 1 saturated heterocycles. The standard InChI is InChI=1S/C16H19NO4/c1-10-12-6-3-7-13(20-2)15(12)21-14(10)16(19)17-8-4-5-11(17)9-18/h3,6-7,11,18H,4-5,8-9H2,1-2H3/t11-/m1/s1. The second-order valence-electron chi connectivity index (χ2n) is 5.37. The highest BCUT2D eigenvalue weighted by molar-refractivity contribution is 6.00. The zero-order valence-corrected chi connectivity index (χ0v) is 12.3. The van der Waals surface area contributed by atoms with Crippen LogP contribution in [-0.2, 0) is 0 Å². The number of nitrogens with zero attached hydrogens (tertiary/aromatic N) is 1. The van der Waals surface area contributed by atoms with Crippen molar-refractivity contribution in [1.82, 2.24) is 4.90 Å². The molecule has 1 aromatic carbocycles. The minimum absolute atomic E-state index is 0.00562. The van der Waals surface area contributed by atoms with Crippen molar-refractivity contribution in [3.8, 4) is 5.75 Å². The maximum Gasteiger partial charge on any atom is 0.290 e. The second kappa shape index (κ2) is 5.41. The molecule has 0 radical (unpaired) electrons. The predicted molar refractivity (Wildman–Crippen MR) is 78.6 cm³/mol. The van der Waals surface area contributed by atoms with Gasteiger partial charge in [-0.15, -0.1) is 0 Å². The lowest BCUT2D eigenvalue weighted by Gasteiger charge is -2.22. The van der Waals surface area contributed by atoms with Crippen molar-refractivity contribution in [2.75, 3.05) is 20.3 Å². The summed E-state index contributed by atoms with van der Waals surface area (Å²) in [5.74, 6) is 0.812. The number of rotatable bonds is 3. The summed E-state index contributed by atoms with van der Waals surface area (Å²) in [5, 5.41) is 10.3. The summed E-state index contributed by atoms with van der Waals surface area (Å²) in [6.07, 6.45) is 1.75. The number of carbonyl (C=O) groups excluding carboxylic acids is 1. The number of likely N-dealkylation sites (tertiary alicyclic amines) is 1. The maximum atomic E-state index is 12.7. The number of ether oxygens (including phenoxy) is 1. The molecule has 5 heteroatoms. The van der Waals surface area contributed by atoms with Crippen LogP contribution in [0.1, 0.15) is 29.0 Å². The highest BCUT2D eigenvalue weighted by Crippen LogP contribution is 2.33. The lowest BCUT2D eigenvalue weighted by atomic mass is 10.1. The summed E-state index contributed by atoms with van der Waals surface area (Å²) in [6.45, 7) is 2.54. The number of benzene rings is 1. The van der Waals surface area contributed by atoms with Gasteiger partial charge < -0.3 is 19.2 Å². The van der Waals surface area contributed by atoms with Gasteiger partial charge in [0.05, 0.1) is 19.8 Å². The first-order chi connectivity index (χ1) is 10.2. The molecule has 1 atom stereocenters. The van der Waals surface area contributed by atoms with Gasteiger partial charge in [0.2, 0.25) is 0 Å². The van der Waals surface area contributed by atoms with E-state index in [4.69, 9.17) is 9.15 Å². The molecule has 1 amide bonds. The van der Waals surface area contributed by atoms with E-state index in [2.05, 4.69) is 0 Å². The Morgan fingerprint density at radius 3 is 3.05 bits per heavy atom. The number of aryl methyl sites for hydroxylation is 1. The quantitative estimate of drug-likeness (QED) is 0.942. The third-order valence-electron chi connectivity index (χ3n) is 4.19. The predicted octanol–water partition coefficient (Wildman–Crippen LogP) is 2.35. The Kier molecular flexibility index (Phi) is 3.59. The first-order valence-electron chi connectivity index (χ1n) is 7.15. The number of carbonyl (C=O) groups is 1. The normalized spacial score (nSPS) is 18.4. The van der Waals surface area contributed by atoms with E-state index < -0.39 is 0 Å². The smallest absolute Gasteiger partial charge is 0.290 e. The molecule has 112 valence electrons. The minimum Gasteiger partial charge on any atom is -0.493 e. The Balaban J connectivity index is 2.04. The molecular formula is C16H19NO4. The number of aliphatic hydroxyl groups excluding tert-OH is 1. The summed E-state index contributed by atoms with van der Waals surface area (Å²) in [5.41, 5.74) is 1.41. The number of fused-ring (bicyclic) bond motifs is 1. The summed E-state index contributed by atoms with van der Waals surface area (Å²) in [7, 11) is 1.58. The Morgan fingerprint density at radius 1 is 1.52 bits per heavy atom. The van der Waals surface area contributed by atoms with Crippen molar-refractivity contribution < 1.29 is 19.1 Å². The Hall–Kier alpha value is -2.01. The molecular weight excluding hydrogens is 270 g/mol. The van der Waals surface area contributed by atoms with Gasteiger partial charge in [0.25, 0.3) is 5.91 Å². The van der Waals surface area contributed by atoms with Gasteiger partial charge in [-0.1, -0.05) is 12.1 Å². The summed E-state index contributed by atoms with van der Waals surface area (Å²) >= 11 is 0. The van der Waals surface area contributed by atoms with E-state index in [1.165, 1.54) is 0 Å². The lowest BCUT2D eigenvalue weighted by molar-refractivity contribution is 0.0647. The van der Waals surface area contributed by atoms with Crippen LogP contribution in [0, 0.1) is 6.92 Å². The van der Waals surface area contributed by atoms with Crippen molar-refractivity contribution in [1.29, 1.82) is 0 Å². The molecule has 2 heterocycles. The van der Waals surface area contributed by atoms with Crippen molar-refractivity contribution in [3.63, 3.8) is 0 Å². The number of para-hydroxylation sites is 1. The molecule has 1 aliphatic heterocycles. The fraction of sp³-hybridized carbons (Fsp3) is 0.438. The van der Waals surface area contributed by atoms with Gasteiger partial charge in [-0.3, -0.25) is 4.79 Å². The first-order valence-corrected chi connectivity index (χ1v) is 7.15. The molecule has 21 heavy (non-hydrogen) atoms. The van der Waals surface area contributed by atoms with Crippen LogP contribution in [0.4, 0.5) is 0 Å². The average Bonchev–Trinajstić information content (AvgIpc) is 3.11. The Morgan fingerprint density at radius 2 is 2.33 bits per heavy atom. The molecule has 5 nitrogen and oxygen atoms in total. The molecule has 0 saturated carbocycles. The zero-order chi connectivity index (χ0) is 15.0. The highest BCUT2D eigenvalue weighted by atomic mass is 16.5. The van der Waals surface area contributed by atoms with Crippen LogP contribution in [0.5, 0.6) is 5.75 Å². The monoisotopic (exact) mass is 289 g/mol. The Labute approximate surface area is 123 Å². The summed E-state index contributed by atoms with van der Waals surface area (Å²) in [4.78, 5) is 14.4. The molecule has 1 N–H and O–H groups in total. The molecule has 2 aromatic rings. The highest BCUT2D eigenvalue weighted by Gasteiger charge is 2.32. The number of hydrogen-bond acceptors (Lipinski definition) is 4. The molecule has 0 spiro atoms. The molecule has 3 rings (SSSR count). The summed E-state index contributed by atoms with van der Waals surface area (Å²) in [6, 6.07) is 5.50. The van der Waals surface area contributed by atoms with Crippen LogP contribution in [0.25, 0.3) is 11.0 Å². The number of methoxy groups -OCH3 is 1. The Bertz CT molecular complexity index is 676. The maximum absolute atomic E-state index is 12.7. The second-order valence-corrected chi connectivity index (χ2v) is 5.37. The molecule has 0 bridgehead atoms. The first kappa shape index (κ1) is 13.9. The largest absolute Gasteiger partial charge is 0.493 e. The minimum atomic E-state index is -0.151. The van der Waals surface area contributed by atoms with Crippen LogP contribution in [-0.4, -0.2) is 42.2 Å². The van der Waals surface area contributed by atoms with Crippen LogP contribution in [0.2, 0.25) is 0 Å². The van der Waals surface area contributed by atoms with Gasteiger partial charge in [-0.25, -0.2) is 0 Å². The average molecular weight is 289 g/mol. The number of aliphatic hydroxyl groups is 1. The van der Waals surface area contributed by atoms with E-state index in [1.54, 1.807) is 12.0 Å². The van der Waals surface area contributed by atoms with E-state index >= 15 is 0 Å². The van der Waals surface area contributed by atoms with Crippen molar-refractivity contribution in [2.45, 2.75) is 25.8 Å². The number of hydrogen-bond donors (Lipinski definition) is 1. The van der Waals surface area contributed by atoms with E-state index in [1.807, 2.05) is 25.1 Å². The molecule has 1 fully saturated rings. The molecule has 1 aliphatic rings. The number of amides is 1. The third kappa shape index (κ3) is 2.17. The van der Waals surface area contributed by atoms with Gasteiger partial charge in [-0.2, -0.15) is 0 Å². The van der Waals surface area contributed by atoms with Gasteiger partial charge in [0, 0.05) is 17.5 Å². The van der Waals surface area contributed by atoms with Crippen LogP contribution >= 0.6 is 0 Å². The van der Waals surface area contributed by atoms with Crippen molar-refractivity contribution in [3.05, 3.63) is 29.5 Å². The molecule has 1 aromatic heterocycles. The van der Waals surface area contributed by atoms with Crippen molar-refractivity contribution >= 4 is 16.9 Å². The van der Waals surface area contributed by atoms with E-state index in [0.717, 1.165) is 23.8 Å². The van der Waals surface area contributed by atoms with Gasteiger partial charge in [0.1, 0.15) is 0 Å². The third-order valence-corrected chi connectivity index (χ3v) is 4.19. The van der Waals surface area contributed by atoms with Crippen LogP contribution < -0.4 is 4.74 Å². The van der Waals surface area contributed by atoms with Gasteiger partial charge in [-0.05, 0) is 25.8 Å². The van der Waals surface area contributed by atoms with E-state index in [0.29, 0.717) is 23.6 Å². The van der Waals surface area contributed by atoms with E-state index in [-0.39, 0.29) is 18.6 Å². The van der Waals surface area contributed by atoms with Crippen LogP contribution in [0.3, 0.4) is 0 Å². The van der Waals surface area contributed by atoms with Crippen LogP contribution in [0.15, 0.2) is 22.6 Å². The summed E-state index contributed by atoms with van der Waals surface area (Å²) < 4.78 is 11.1. The fourth-order valence-corrected chi connectivity index (χ4v) is 3.01. The molecule has 0 unspecified atom stereocenters. The van der Waals surface area contributed by atoms with Gasteiger partial charge in [0.15, 0.2) is 17.1 Å². The van der Waals surface area contributed by atoms with Gasteiger partial charge >= 0.3 is 0 Å². The van der Waals surface area contributed by atoms with E-state index in [9.17, 15) is 9.90 Å². The van der Waals surface area contributed by atoms with Crippen molar-refractivity contribution in [2.24, 2.45) is 0 Å².